The van der Waals surface area contributed by atoms with E-state index in [9.17, 15) is 27.9 Å². The molecule has 5 nitrogen and oxygen atoms in total. The second-order valence-electron chi connectivity index (χ2n) is 5.36. The molecule has 1 aromatic rings. The molecule has 1 heterocycles. The van der Waals surface area contributed by atoms with Crippen molar-refractivity contribution in [2.24, 2.45) is 5.92 Å². The summed E-state index contributed by atoms with van der Waals surface area (Å²) in [5, 5.41) is 11.6. The zero-order chi connectivity index (χ0) is 17.0. The molecule has 0 saturated carbocycles. The van der Waals surface area contributed by atoms with Crippen molar-refractivity contribution in [2.75, 3.05) is 13.2 Å². The highest BCUT2D eigenvalue weighted by atomic mass is 19.4. The summed E-state index contributed by atoms with van der Waals surface area (Å²) in [6.07, 6.45) is -4.01. The normalized spacial score (nSPS) is 19.3. The first kappa shape index (κ1) is 17.3. The second kappa shape index (κ2) is 6.99. The summed E-state index contributed by atoms with van der Waals surface area (Å²) < 4.78 is 42.5. The number of carbonyl (C=O) groups is 2. The van der Waals surface area contributed by atoms with Crippen LogP contribution in [-0.4, -0.2) is 36.2 Å². The number of hydrogen-bond acceptors (Lipinski definition) is 3. The number of rotatable bonds is 5. The van der Waals surface area contributed by atoms with Crippen LogP contribution in [0.4, 0.5) is 13.2 Å². The predicted octanol–water partition coefficient (Wildman–Crippen LogP) is 1.85. The molecule has 2 atom stereocenters. The van der Waals surface area contributed by atoms with E-state index in [1.165, 1.54) is 12.1 Å². The van der Waals surface area contributed by atoms with Crippen LogP contribution in [0.3, 0.4) is 0 Å². The van der Waals surface area contributed by atoms with E-state index in [1.807, 2.05) is 0 Å². The van der Waals surface area contributed by atoms with Crippen molar-refractivity contribution in [3.63, 3.8) is 0 Å². The van der Waals surface area contributed by atoms with E-state index in [1.54, 1.807) is 0 Å². The maximum absolute atomic E-state index is 12.5. The molecule has 0 radical (unpaired) electrons. The van der Waals surface area contributed by atoms with Crippen LogP contribution in [0.15, 0.2) is 24.3 Å². The molecule has 0 aliphatic carbocycles. The first-order valence-corrected chi connectivity index (χ1v) is 7.04. The molecular weight excluding hydrogens is 315 g/mol. The SMILES string of the molecule is O=C(N[C@H](Cc1ccc(C(F)(F)F)cc1)C(=O)O)[C@@H]1CCOC1. The van der Waals surface area contributed by atoms with E-state index >= 15 is 0 Å². The van der Waals surface area contributed by atoms with Crippen LogP contribution in [0.1, 0.15) is 17.5 Å². The quantitative estimate of drug-likeness (QED) is 0.863. The van der Waals surface area contributed by atoms with Crippen LogP contribution in [0, 0.1) is 5.92 Å². The molecule has 23 heavy (non-hydrogen) atoms. The Hall–Kier alpha value is -2.09. The minimum atomic E-state index is -4.44. The van der Waals surface area contributed by atoms with Gasteiger partial charge in [-0.1, -0.05) is 12.1 Å². The number of ether oxygens (including phenoxy) is 1. The summed E-state index contributed by atoms with van der Waals surface area (Å²) in [6.45, 7) is 0.702. The lowest BCUT2D eigenvalue weighted by Crippen LogP contribution is -2.45. The number of nitrogens with one attached hydrogen (secondary N) is 1. The van der Waals surface area contributed by atoms with Gasteiger partial charge < -0.3 is 15.2 Å². The Kier molecular flexibility index (Phi) is 5.25. The van der Waals surface area contributed by atoms with Crippen molar-refractivity contribution >= 4 is 11.9 Å². The Labute approximate surface area is 130 Å². The van der Waals surface area contributed by atoms with Gasteiger partial charge in [0, 0.05) is 13.0 Å². The molecule has 126 valence electrons. The summed E-state index contributed by atoms with van der Waals surface area (Å²) in [6, 6.07) is 3.01. The Bertz CT molecular complexity index is 565. The highest BCUT2D eigenvalue weighted by molar-refractivity contribution is 5.85. The van der Waals surface area contributed by atoms with Gasteiger partial charge in [-0.25, -0.2) is 4.79 Å². The van der Waals surface area contributed by atoms with Crippen molar-refractivity contribution in [3.05, 3.63) is 35.4 Å². The third-order valence-corrected chi connectivity index (χ3v) is 3.64. The molecule has 2 rings (SSSR count). The van der Waals surface area contributed by atoms with E-state index in [2.05, 4.69) is 5.32 Å². The van der Waals surface area contributed by atoms with Gasteiger partial charge in [0.05, 0.1) is 18.1 Å². The molecule has 1 fully saturated rings. The lowest BCUT2D eigenvalue weighted by molar-refractivity contribution is -0.142. The van der Waals surface area contributed by atoms with Crippen LogP contribution in [0.25, 0.3) is 0 Å². The van der Waals surface area contributed by atoms with Crippen molar-refractivity contribution in [1.29, 1.82) is 0 Å². The fraction of sp³-hybridized carbons (Fsp3) is 0.467. The number of benzene rings is 1. The van der Waals surface area contributed by atoms with Gasteiger partial charge in [0.1, 0.15) is 6.04 Å². The standard InChI is InChI=1S/C15H16F3NO4/c16-15(17,18)11-3-1-9(2-4-11)7-12(14(21)22)19-13(20)10-5-6-23-8-10/h1-4,10,12H,5-8H2,(H,19,20)(H,21,22)/t10-,12-/m1/s1. The number of carbonyl (C=O) groups excluding carboxylic acids is 1. The first-order valence-electron chi connectivity index (χ1n) is 7.04. The number of carboxylic acids is 1. The van der Waals surface area contributed by atoms with E-state index in [0.717, 1.165) is 12.1 Å². The molecule has 1 aliphatic rings. The van der Waals surface area contributed by atoms with Crippen molar-refractivity contribution in [1.82, 2.24) is 5.32 Å². The predicted molar refractivity (Wildman–Crippen MR) is 73.6 cm³/mol. The third kappa shape index (κ3) is 4.69. The van der Waals surface area contributed by atoms with E-state index < -0.39 is 29.7 Å². The van der Waals surface area contributed by atoms with Gasteiger partial charge in [-0.05, 0) is 24.1 Å². The number of hydrogen-bond donors (Lipinski definition) is 2. The Morgan fingerprint density at radius 1 is 1.30 bits per heavy atom. The average Bonchev–Trinajstić information content (AvgIpc) is 3.00. The molecule has 0 unspecified atom stereocenters. The smallest absolute Gasteiger partial charge is 0.416 e. The van der Waals surface area contributed by atoms with Gasteiger partial charge in [0.15, 0.2) is 0 Å². The lowest BCUT2D eigenvalue weighted by Gasteiger charge is -2.17. The zero-order valence-corrected chi connectivity index (χ0v) is 12.1. The first-order chi connectivity index (χ1) is 10.8. The largest absolute Gasteiger partial charge is 0.480 e. The molecule has 0 bridgehead atoms. The van der Waals surface area contributed by atoms with Crippen LogP contribution < -0.4 is 5.32 Å². The maximum Gasteiger partial charge on any atom is 0.416 e. The molecule has 2 N–H and O–H groups in total. The molecule has 1 aliphatic heterocycles. The van der Waals surface area contributed by atoms with Gasteiger partial charge in [0.2, 0.25) is 5.91 Å². The molecule has 0 aromatic heterocycles. The van der Waals surface area contributed by atoms with Crippen LogP contribution >= 0.6 is 0 Å². The van der Waals surface area contributed by atoms with Gasteiger partial charge >= 0.3 is 12.1 Å². The molecule has 1 aromatic carbocycles. The Morgan fingerprint density at radius 2 is 1.96 bits per heavy atom. The van der Waals surface area contributed by atoms with Crippen molar-refractivity contribution in [3.8, 4) is 0 Å². The summed E-state index contributed by atoms with van der Waals surface area (Å²) in [5.74, 6) is -2.04. The van der Waals surface area contributed by atoms with E-state index in [4.69, 9.17) is 4.74 Å². The molecule has 8 heteroatoms. The highest BCUT2D eigenvalue weighted by Crippen LogP contribution is 2.29. The van der Waals surface area contributed by atoms with Gasteiger partial charge in [-0.15, -0.1) is 0 Å². The third-order valence-electron chi connectivity index (χ3n) is 3.64. The van der Waals surface area contributed by atoms with Crippen molar-refractivity contribution in [2.45, 2.75) is 25.1 Å². The molecule has 1 saturated heterocycles. The summed E-state index contributed by atoms with van der Waals surface area (Å²) in [7, 11) is 0. The Balaban J connectivity index is 2.01. The fourth-order valence-corrected chi connectivity index (χ4v) is 2.30. The number of amides is 1. The number of aliphatic carboxylic acids is 1. The molecular formula is C15H16F3NO4. The molecule has 1 amide bonds. The minimum Gasteiger partial charge on any atom is -0.480 e. The van der Waals surface area contributed by atoms with Gasteiger partial charge in [-0.3, -0.25) is 4.79 Å². The van der Waals surface area contributed by atoms with Crippen molar-refractivity contribution < 1.29 is 32.6 Å². The fourth-order valence-electron chi connectivity index (χ4n) is 2.30. The van der Waals surface area contributed by atoms with Crippen LogP contribution in [-0.2, 0) is 26.9 Å². The van der Waals surface area contributed by atoms with Crippen LogP contribution in [0.5, 0.6) is 0 Å². The average molecular weight is 331 g/mol. The number of halogens is 3. The van der Waals surface area contributed by atoms with E-state index in [0.29, 0.717) is 18.6 Å². The topological polar surface area (TPSA) is 75.6 Å². The summed E-state index contributed by atoms with van der Waals surface area (Å²) in [5.41, 5.74) is -0.409. The minimum absolute atomic E-state index is 0.0905. The monoisotopic (exact) mass is 331 g/mol. The summed E-state index contributed by atoms with van der Waals surface area (Å²) in [4.78, 5) is 23.2. The van der Waals surface area contributed by atoms with Gasteiger partial charge in [-0.2, -0.15) is 13.2 Å². The highest BCUT2D eigenvalue weighted by Gasteiger charge is 2.31. The summed E-state index contributed by atoms with van der Waals surface area (Å²) >= 11 is 0. The second-order valence-corrected chi connectivity index (χ2v) is 5.36. The number of alkyl halides is 3. The maximum atomic E-state index is 12.5. The Morgan fingerprint density at radius 3 is 2.43 bits per heavy atom. The molecule has 0 spiro atoms. The number of carboxylic acid groups (broad SMARTS) is 1. The lowest BCUT2D eigenvalue weighted by atomic mass is 10.0. The van der Waals surface area contributed by atoms with Gasteiger partial charge in [0.25, 0.3) is 0 Å². The van der Waals surface area contributed by atoms with E-state index in [-0.39, 0.29) is 18.9 Å². The van der Waals surface area contributed by atoms with Crippen LogP contribution in [0.2, 0.25) is 0 Å². The zero-order valence-electron chi connectivity index (χ0n) is 12.1.